The smallest absolute Gasteiger partial charge is 0.387 e. The van der Waals surface area contributed by atoms with Gasteiger partial charge in [-0.3, -0.25) is 0 Å². The Bertz CT molecular complexity index is 550. The summed E-state index contributed by atoms with van der Waals surface area (Å²) in [7, 11) is 0. The molecule has 1 radical (unpaired) electrons. The molecular weight excluding hydrogens is 254 g/mol. The van der Waals surface area contributed by atoms with Crippen LogP contribution in [0, 0.1) is 6.20 Å². The molecule has 1 aromatic heterocycles. The van der Waals surface area contributed by atoms with Gasteiger partial charge in [0.15, 0.2) is 0 Å². The Balaban J connectivity index is 2.36. The van der Waals surface area contributed by atoms with Gasteiger partial charge in [-0.1, -0.05) is 12.1 Å². The van der Waals surface area contributed by atoms with Gasteiger partial charge in [0, 0.05) is 5.56 Å². The normalized spacial score (nSPS) is 10.5. The molecule has 6 heteroatoms. The lowest BCUT2D eigenvalue weighted by molar-refractivity contribution is -0.0498. The monoisotopic (exact) mass is 265 g/mol. The van der Waals surface area contributed by atoms with Gasteiger partial charge >= 0.3 is 6.61 Å². The van der Waals surface area contributed by atoms with E-state index in [9.17, 15) is 8.78 Å². The molecule has 0 aliphatic heterocycles. The molecule has 0 N–H and O–H groups in total. The van der Waals surface area contributed by atoms with Crippen LogP contribution in [0.15, 0.2) is 30.5 Å². The summed E-state index contributed by atoms with van der Waals surface area (Å²) < 4.78 is 34.0. The predicted molar refractivity (Wildman–Crippen MR) is 64.1 cm³/mol. The van der Waals surface area contributed by atoms with Gasteiger partial charge in [-0.05, 0) is 19.1 Å². The maximum absolute atomic E-state index is 12.2. The second-order valence-corrected chi connectivity index (χ2v) is 3.49. The van der Waals surface area contributed by atoms with E-state index in [1.165, 1.54) is 18.3 Å². The van der Waals surface area contributed by atoms with Crippen molar-refractivity contribution in [3.8, 4) is 22.9 Å². The van der Waals surface area contributed by atoms with Gasteiger partial charge in [-0.25, -0.2) is 9.97 Å². The molecule has 0 bridgehead atoms. The van der Waals surface area contributed by atoms with Crippen molar-refractivity contribution in [3.63, 3.8) is 0 Å². The Morgan fingerprint density at radius 1 is 1.37 bits per heavy atom. The first kappa shape index (κ1) is 13.2. The maximum atomic E-state index is 12.2. The molecule has 0 fully saturated rings. The van der Waals surface area contributed by atoms with Crippen molar-refractivity contribution in [2.75, 3.05) is 6.61 Å². The molecule has 0 amide bonds. The number of nitrogens with zero attached hydrogens (tertiary/aromatic N) is 2. The molecule has 0 saturated heterocycles. The van der Waals surface area contributed by atoms with Crippen LogP contribution in [0.5, 0.6) is 11.6 Å². The summed E-state index contributed by atoms with van der Waals surface area (Å²) in [4.78, 5) is 8.04. The average molecular weight is 265 g/mol. The Labute approximate surface area is 109 Å². The number of halogens is 2. The van der Waals surface area contributed by atoms with Crippen molar-refractivity contribution in [3.05, 3.63) is 36.7 Å². The van der Waals surface area contributed by atoms with Crippen LogP contribution >= 0.6 is 0 Å². The highest BCUT2D eigenvalue weighted by Gasteiger charge is 2.11. The summed E-state index contributed by atoms with van der Waals surface area (Å²) in [5.74, 6) is 0.385. The lowest BCUT2D eigenvalue weighted by Gasteiger charge is -2.09. The van der Waals surface area contributed by atoms with Gasteiger partial charge in [-0.2, -0.15) is 8.78 Å². The zero-order valence-corrected chi connectivity index (χ0v) is 10.1. The number of ether oxygens (including phenoxy) is 2. The minimum atomic E-state index is -2.87. The lowest BCUT2D eigenvalue weighted by Crippen LogP contribution is -2.02. The van der Waals surface area contributed by atoms with Gasteiger partial charge in [0.2, 0.25) is 5.88 Å². The largest absolute Gasteiger partial charge is 0.476 e. The molecule has 0 spiro atoms. The van der Waals surface area contributed by atoms with E-state index in [0.717, 1.165) is 0 Å². The van der Waals surface area contributed by atoms with Gasteiger partial charge in [0.1, 0.15) is 17.6 Å². The number of benzene rings is 1. The number of hydrogen-bond acceptors (Lipinski definition) is 4. The molecule has 4 nitrogen and oxygen atoms in total. The Hall–Kier alpha value is -2.24. The first-order chi connectivity index (χ1) is 9.20. The molecule has 0 atom stereocenters. The van der Waals surface area contributed by atoms with Crippen molar-refractivity contribution >= 4 is 0 Å². The van der Waals surface area contributed by atoms with Gasteiger partial charge in [0.25, 0.3) is 0 Å². The van der Waals surface area contributed by atoms with Crippen LogP contribution in [0.3, 0.4) is 0 Å². The number of hydrogen-bond donors (Lipinski definition) is 0. The molecule has 0 saturated carbocycles. The van der Waals surface area contributed by atoms with E-state index in [2.05, 4.69) is 20.9 Å². The van der Waals surface area contributed by atoms with Crippen molar-refractivity contribution in [1.82, 2.24) is 9.97 Å². The van der Waals surface area contributed by atoms with Crippen LogP contribution in [0.4, 0.5) is 8.78 Å². The second kappa shape index (κ2) is 6.08. The first-order valence-corrected chi connectivity index (χ1v) is 5.62. The second-order valence-electron chi connectivity index (χ2n) is 3.49. The van der Waals surface area contributed by atoms with Crippen LogP contribution in [0.1, 0.15) is 6.92 Å². The summed E-state index contributed by atoms with van der Waals surface area (Å²) in [5.41, 5.74) is 1.01. The third-order valence-electron chi connectivity index (χ3n) is 2.23. The van der Waals surface area contributed by atoms with E-state index in [4.69, 9.17) is 4.74 Å². The molecule has 2 rings (SSSR count). The predicted octanol–water partition coefficient (Wildman–Crippen LogP) is 2.94. The minimum Gasteiger partial charge on any atom is -0.476 e. The molecular formula is C13H11F2N2O2. The highest BCUT2D eigenvalue weighted by Crippen LogP contribution is 2.28. The van der Waals surface area contributed by atoms with Crippen LogP contribution in [0.25, 0.3) is 11.3 Å². The zero-order chi connectivity index (χ0) is 13.7. The minimum absolute atomic E-state index is 0.0561. The SMILES string of the molecule is CCOc1nc[c]nc1-c1cccc(OC(F)F)c1. The molecule has 2 aromatic rings. The zero-order valence-electron chi connectivity index (χ0n) is 10.1. The summed E-state index contributed by atoms with van der Waals surface area (Å²) >= 11 is 0. The summed E-state index contributed by atoms with van der Waals surface area (Å²) in [5, 5.41) is 0. The van der Waals surface area contributed by atoms with Crippen LogP contribution < -0.4 is 9.47 Å². The fourth-order valence-corrected chi connectivity index (χ4v) is 1.54. The standard InChI is InChI=1S/C13H11F2N2O2/c1-2-18-12-11(16-6-7-17-12)9-4-3-5-10(8-9)19-13(14)15/h3-5,7-8,13H,2H2,1H3. The van der Waals surface area contributed by atoms with E-state index in [-0.39, 0.29) is 5.75 Å². The third kappa shape index (κ3) is 3.37. The summed E-state index contributed by atoms with van der Waals surface area (Å²) in [6, 6.07) is 6.19. The van der Waals surface area contributed by atoms with Crippen molar-refractivity contribution in [2.45, 2.75) is 13.5 Å². The molecule has 1 aromatic carbocycles. The molecule has 99 valence electrons. The van der Waals surface area contributed by atoms with E-state index in [1.54, 1.807) is 12.1 Å². The lowest BCUT2D eigenvalue weighted by atomic mass is 10.1. The fourth-order valence-electron chi connectivity index (χ4n) is 1.54. The quantitative estimate of drug-likeness (QED) is 0.833. The van der Waals surface area contributed by atoms with E-state index in [0.29, 0.717) is 23.7 Å². The van der Waals surface area contributed by atoms with Gasteiger partial charge < -0.3 is 9.47 Å². The van der Waals surface area contributed by atoms with Crippen LogP contribution in [-0.4, -0.2) is 23.2 Å². The molecule has 0 unspecified atom stereocenters. The van der Waals surface area contributed by atoms with Crippen LogP contribution in [0.2, 0.25) is 0 Å². The molecule has 0 aliphatic rings. The van der Waals surface area contributed by atoms with Crippen molar-refractivity contribution < 1.29 is 18.3 Å². The van der Waals surface area contributed by atoms with Crippen molar-refractivity contribution in [2.24, 2.45) is 0 Å². The number of alkyl halides is 2. The van der Waals surface area contributed by atoms with Gasteiger partial charge in [-0.15, -0.1) is 0 Å². The van der Waals surface area contributed by atoms with E-state index < -0.39 is 6.61 Å². The molecule has 0 aliphatic carbocycles. The maximum Gasteiger partial charge on any atom is 0.387 e. The number of rotatable bonds is 5. The van der Waals surface area contributed by atoms with Gasteiger partial charge in [0.05, 0.1) is 12.8 Å². The Morgan fingerprint density at radius 3 is 2.95 bits per heavy atom. The van der Waals surface area contributed by atoms with E-state index in [1.807, 2.05) is 6.92 Å². The highest BCUT2D eigenvalue weighted by atomic mass is 19.3. The molecule has 1 heterocycles. The Kier molecular flexibility index (Phi) is 4.22. The highest BCUT2D eigenvalue weighted by molar-refractivity contribution is 5.65. The van der Waals surface area contributed by atoms with Crippen molar-refractivity contribution in [1.29, 1.82) is 0 Å². The average Bonchev–Trinajstić information content (AvgIpc) is 2.39. The summed E-state index contributed by atoms with van der Waals surface area (Å²) in [6.07, 6.45) is 3.97. The molecule has 19 heavy (non-hydrogen) atoms. The van der Waals surface area contributed by atoms with Crippen LogP contribution in [-0.2, 0) is 0 Å². The third-order valence-corrected chi connectivity index (χ3v) is 2.23. The number of aromatic nitrogens is 2. The topological polar surface area (TPSA) is 44.2 Å². The summed E-state index contributed by atoms with van der Waals surface area (Å²) in [6.45, 7) is -0.618. The Morgan fingerprint density at radius 2 is 2.21 bits per heavy atom. The van der Waals surface area contributed by atoms with E-state index >= 15 is 0 Å². The fraction of sp³-hybridized carbons (Fsp3) is 0.231. The first-order valence-electron chi connectivity index (χ1n) is 5.62.